The standard InChI is InChI=1S/C19H32FN7O6P/c1-10(2)32-18(29)11(3)25-34(30)31-8-13(12(4)28)33-14(7-20)27-9-22-15-16(26(5)6)23-19(21)24-17(15)27/h9-14,28H,7-8H2,1-6H3,(H,25,30)(H2,21,23,24)/q+1/t11-,12-,13?,14+/m0/s1. The number of nitrogens with zero attached hydrogens (tertiary/aromatic N) is 5. The van der Waals surface area contributed by atoms with Crippen LogP contribution < -0.4 is 15.7 Å². The Bertz CT molecular complexity index is 989. The zero-order valence-corrected chi connectivity index (χ0v) is 20.9. The van der Waals surface area contributed by atoms with Gasteiger partial charge in [-0.3, -0.25) is 9.36 Å². The van der Waals surface area contributed by atoms with E-state index in [1.165, 1.54) is 24.7 Å². The SMILES string of the molecule is CC(C)OC(=O)[C@H](C)N[P+](=O)OCC(O[C@H](CF)n1cnc2c(N(C)C)nc(N)nc21)[C@H](C)O. The Morgan fingerprint density at radius 2 is 2.00 bits per heavy atom. The van der Waals surface area contributed by atoms with Gasteiger partial charge in [0.25, 0.3) is 0 Å². The van der Waals surface area contributed by atoms with Gasteiger partial charge in [-0.1, -0.05) is 5.09 Å². The number of alkyl halides is 1. The van der Waals surface area contributed by atoms with E-state index in [4.69, 9.17) is 19.7 Å². The molecule has 4 N–H and O–H groups in total. The molecule has 34 heavy (non-hydrogen) atoms. The average Bonchev–Trinajstić information content (AvgIpc) is 3.15. The van der Waals surface area contributed by atoms with Crippen LogP contribution in [0, 0.1) is 0 Å². The summed E-state index contributed by atoms with van der Waals surface area (Å²) in [5.74, 6) is -0.172. The minimum atomic E-state index is -2.50. The second-order valence-electron chi connectivity index (χ2n) is 8.04. The van der Waals surface area contributed by atoms with Gasteiger partial charge in [0.2, 0.25) is 5.95 Å². The Morgan fingerprint density at radius 3 is 2.56 bits per heavy atom. The van der Waals surface area contributed by atoms with Crippen molar-refractivity contribution < 1.29 is 32.9 Å². The lowest BCUT2D eigenvalue weighted by Crippen LogP contribution is -2.36. The van der Waals surface area contributed by atoms with Crippen LogP contribution in [0.25, 0.3) is 11.2 Å². The zero-order chi connectivity index (χ0) is 25.6. The lowest BCUT2D eigenvalue weighted by Gasteiger charge is -2.24. The highest BCUT2D eigenvalue weighted by molar-refractivity contribution is 7.36. The van der Waals surface area contributed by atoms with E-state index in [-0.39, 0.29) is 24.3 Å². The summed E-state index contributed by atoms with van der Waals surface area (Å²) < 4.78 is 43.5. The average molecular weight is 504 g/mol. The first-order valence-corrected chi connectivity index (χ1v) is 11.8. The number of carbonyl (C=O) groups excluding carboxylic acids is 1. The summed E-state index contributed by atoms with van der Waals surface area (Å²) in [6, 6.07) is -0.885. The molecule has 0 bridgehead atoms. The van der Waals surface area contributed by atoms with E-state index >= 15 is 0 Å². The molecule has 0 saturated carbocycles. The van der Waals surface area contributed by atoms with Crippen LogP contribution in [-0.4, -0.2) is 82.3 Å². The number of ether oxygens (including phenoxy) is 2. The van der Waals surface area contributed by atoms with Crippen LogP contribution in [0.1, 0.15) is 33.9 Å². The topological polar surface area (TPSA) is 167 Å². The van der Waals surface area contributed by atoms with Crippen LogP contribution in [0.15, 0.2) is 6.33 Å². The van der Waals surface area contributed by atoms with Crippen molar-refractivity contribution in [3.05, 3.63) is 6.33 Å². The summed E-state index contributed by atoms with van der Waals surface area (Å²) in [6.45, 7) is 4.94. The molecule has 0 fully saturated rings. The number of rotatable bonds is 13. The van der Waals surface area contributed by atoms with Gasteiger partial charge >= 0.3 is 14.1 Å². The van der Waals surface area contributed by atoms with Crippen molar-refractivity contribution in [1.82, 2.24) is 24.6 Å². The molecule has 0 aliphatic heterocycles. The minimum Gasteiger partial charge on any atom is -0.462 e. The quantitative estimate of drug-likeness (QED) is 0.265. The highest BCUT2D eigenvalue weighted by Crippen LogP contribution is 2.27. The van der Waals surface area contributed by atoms with Crippen molar-refractivity contribution in [2.24, 2.45) is 0 Å². The molecule has 13 nitrogen and oxygen atoms in total. The van der Waals surface area contributed by atoms with Gasteiger partial charge in [-0.15, -0.1) is 4.52 Å². The first-order chi connectivity index (χ1) is 15.9. The van der Waals surface area contributed by atoms with Gasteiger partial charge in [-0.05, 0) is 32.3 Å². The fourth-order valence-corrected chi connectivity index (χ4v) is 3.61. The number of esters is 1. The molecule has 2 heterocycles. The van der Waals surface area contributed by atoms with Crippen molar-refractivity contribution in [3.63, 3.8) is 0 Å². The van der Waals surface area contributed by atoms with Crippen LogP contribution in [-0.2, 0) is 23.4 Å². The van der Waals surface area contributed by atoms with Gasteiger partial charge in [-0.25, -0.2) is 9.37 Å². The molecular weight excluding hydrogens is 472 g/mol. The lowest BCUT2D eigenvalue weighted by molar-refractivity contribution is -0.149. The number of nitrogens with two attached hydrogens (primary N) is 1. The number of carbonyl (C=O) groups is 1. The fraction of sp³-hybridized carbons (Fsp3) is 0.684. The largest absolute Gasteiger partial charge is 0.613 e. The predicted octanol–water partition coefficient (Wildman–Crippen LogP) is 1.31. The number of anilines is 2. The summed E-state index contributed by atoms with van der Waals surface area (Å²) in [6.07, 6.45) is -2.39. The summed E-state index contributed by atoms with van der Waals surface area (Å²) >= 11 is 0. The molecule has 0 aromatic carbocycles. The summed E-state index contributed by atoms with van der Waals surface area (Å²) in [7, 11) is 1.00. The first kappa shape index (κ1) is 27.7. The molecule has 2 aromatic heterocycles. The molecule has 0 aliphatic carbocycles. The summed E-state index contributed by atoms with van der Waals surface area (Å²) in [5.41, 5.74) is 6.43. The third-order valence-electron chi connectivity index (χ3n) is 4.52. The number of aliphatic hydroxyl groups excluding tert-OH is 1. The molecule has 0 spiro atoms. The molecule has 2 unspecified atom stereocenters. The molecule has 0 amide bonds. The van der Waals surface area contributed by atoms with E-state index in [2.05, 4.69) is 20.0 Å². The van der Waals surface area contributed by atoms with E-state index in [1.807, 2.05) is 0 Å². The second kappa shape index (κ2) is 12.3. The molecule has 0 saturated heterocycles. The van der Waals surface area contributed by atoms with Crippen molar-refractivity contribution >= 4 is 37.1 Å². The van der Waals surface area contributed by atoms with Gasteiger partial charge in [-0.2, -0.15) is 9.97 Å². The van der Waals surface area contributed by atoms with E-state index in [0.29, 0.717) is 11.3 Å². The number of halogens is 1. The van der Waals surface area contributed by atoms with Crippen LogP contribution in [0.5, 0.6) is 0 Å². The normalized spacial score (nSPS) is 15.7. The van der Waals surface area contributed by atoms with Crippen molar-refractivity contribution in [2.75, 3.05) is 38.0 Å². The Labute approximate surface area is 197 Å². The van der Waals surface area contributed by atoms with Crippen LogP contribution >= 0.6 is 8.18 Å². The predicted molar refractivity (Wildman–Crippen MR) is 123 cm³/mol. The van der Waals surface area contributed by atoms with Gasteiger partial charge in [0.15, 0.2) is 23.2 Å². The first-order valence-electron chi connectivity index (χ1n) is 10.6. The number of aromatic nitrogens is 4. The minimum absolute atomic E-state index is 0.0286. The van der Waals surface area contributed by atoms with Crippen LogP contribution in [0.4, 0.5) is 16.2 Å². The van der Waals surface area contributed by atoms with E-state index < -0.39 is 45.3 Å². The molecular formula is C19H32FN7O6P+. The van der Waals surface area contributed by atoms with Gasteiger partial charge in [0, 0.05) is 14.1 Å². The summed E-state index contributed by atoms with van der Waals surface area (Å²) in [4.78, 5) is 26.1. The van der Waals surface area contributed by atoms with Gasteiger partial charge < -0.3 is 25.2 Å². The third-order valence-corrected chi connectivity index (χ3v) is 5.50. The maximum atomic E-state index is 14.0. The Balaban J connectivity index is 2.11. The number of nitrogens with one attached hydrogen (secondary N) is 1. The number of hydrogen-bond donors (Lipinski definition) is 3. The molecule has 5 atom stereocenters. The molecule has 190 valence electrons. The molecule has 15 heteroatoms. The van der Waals surface area contributed by atoms with Crippen LogP contribution in [0.3, 0.4) is 0 Å². The van der Waals surface area contributed by atoms with E-state index in [1.54, 1.807) is 32.8 Å². The maximum Gasteiger partial charge on any atom is 0.613 e. The molecule has 2 aromatic rings. The fourth-order valence-electron chi connectivity index (χ4n) is 2.83. The van der Waals surface area contributed by atoms with Gasteiger partial charge in [0.1, 0.15) is 25.4 Å². The Hall–Kier alpha value is -2.51. The van der Waals surface area contributed by atoms with E-state index in [9.17, 15) is 18.9 Å². The number of hydrogen-bond acceptors (Lipinski definition) is 11. The van der Waals surface area contributed by atoms with Crippen LogP contribution in [0.2, 0.25) is 0 Å². The summed E-state index contributed by atoms with van der Waals surface area (Å²) in [5, 5.41) is 12.6. The number of aliphatic hydroxyl groups is 1. The highest BCUT2D eigenvalue weighted by atomic mass is 31.1. The third kappa shape index (κ3) is 7.24. The highest BCUT2D eigenvalue weighted by Gasteiger charge is 2.32. The second-order valence-corrected chi connectivity index (χ2v) is 9.07. The molecule has 2 rings (SSSR count). The van der Waals surface area contributed by atoms with Gasteiger partial charge in [0.05, 0.1) is 18.5 Å². The van der Waals surface area contributed by atoms with E-state index in [0.717, 1.165) is 0 Å². The van der Waals surface area contributed by atoms with Crippen molar-refractivity contribution in [3.8, 4) is 0 Å². The smallest absolute Gasteiger partial charge is 0.462 e. The maximum absolute atomic E-state index is 14.0. The number of imidazole rings is 1. The number of nitrogen functional groups attached to an aromatic ring is 1. The molecule has 0 aliphatic rings. The lowest BCUT2D eigenvalue weighted by atomic mass is 10.2. The Morgan fingerprint density at radius 1 is 1.32 bits per heavy atom. The Kier molecular flexibility index (Phi) is 10.0. The van der Waals surface area contributed by atoms with Crippen molar-refractivity contribution in [1.29, 1.82) is 0 Å². The van der Waals surface area contributed by atoms with Crippen molar-refractivity contribution in [2.45, 2.75) is 58.3 Å². The zero-order valence-electron chi connectivity index (χ0n) is 20.0. The molecule has 0 radical (unpaired) electrons. The monoisotopic (exact) mass is 504 g/mol. The number of fused-ring (bicyclic) bond motifs is 1.